The Bertz CT molecular complexity index is 2120. The van der Waals surface area contributed by atoms with Crippen molar-refractivity contribution in [1.29, 1.82) is 0 Å². The van der Waals surface area contributed by atoms with E-state index in [1.807, 2.05) is 133 Å². The molecule has 0 aliphatic heterocycles. The summed E-state index contributed by atoms with van der Waals surface area (Å²) in [5.74, 6) is 0. The quantitative estimate of drug-likeness (QED) is 0.165. The summed E-state index contributed by atoms with van der Waals surface area (Å²) in [6, 6.07) is 56.6. The number of hydrogen-bond acceptors (Lipinski definition) is 6. The maximum atomic E-state index is 4.59. The Morgan fingerprint density at radius 3 is 1.66 bits per heavy atom. The van der Waals surface area contributed by atoms with Crippen LogP contribution in [-0.4, -0.2) is 19.9 Å². The van der Waals surface area contributed by atoms with Crippen LogP contribution in [0.25, 0.3) is 64.6 Å². The smallest absolute Gasteiger partial charge is 0.0894 e. The van der Waals surface area contributed by atoms with E-state index in [0.717, 1.165) is 45.2 Å². The summed E-state index contributed by atoms with van der Waals surface area (Å²) in [5, 5.41) is 3.34. The van der Waals surface area contributed by atoms with Crippen molar-refractivity contribution in [1.82, 2.24) is 19.9 Å². The van der Waals surface area contributed by atoms with Crippen molar-refractivity contribution in [2.45, 2.75) is 0 Å². The minimum absolute atomic E-state index is 0. The molecule has 4 nitrogen and oxygen atoms in total. The molecule has 0 atom stereocenters. The van der Waals surface area contributed by atoms with Crippen molar-refractivity contribution in [3.63, 3.8) is 0 Å². The third-order valence-corrected chi connectivity index (χ3v) is 9.27. The van der Waals surface area contributed by atoms with Gasteiger partial charge in [0.15, 0.2) is 0 Å². The summed E-state index contributed by atoms with van der Waals surface area (Å²) in [4.78, 5) is 17.5. The summed E-state index contributed by atoms with van der Waals surface area (Å²) in [6.07, 6.45) is 5.33. The molecule has 8 heteroatoms. The van der Waals surface area contributed by atoms with Crippen LogP contribution in [-0.2, 0) is 42.1 Å². The molecule has 50 heavy (non-hydrogen) atoms. The van der Waals surface area contributed by atoms with Gasteiger partial charge in [-0.15, -0.1) is 33.8 Å². The first-order valence-electron chi connectivity index (χ1n) is 15.2. The molecule has 0 fully saturated rings. The van der Waals surface area contributed by atoms with E-state index >= 15 is 0 Å². The summed E-state index contributed by atoms with van der Waals surface area (Å²) in [5.41, 5.74) is 7.50. The van der Waals surface area contributed by atoms with Gasteiger partial charge >= 0.3 is 0 Å². The minimum Gasteiger partial charge on any atom is -0.295 e. The molecule has 6 heterocycles. The molecular formula is C42H26N4Pt2S2-4. The summed E-state index contributed by atoms with van der Waals surface area (Å²) >= 11 is 3.53. The Labute approximate surface area is 328 Å². The van der Waals surface area contributed by atoms with Gasteiger partial charge in [0.1, 0.15) is 0 Å². The first kappa shape index (κ1) is 36.8. The van der Waals surface area contributed by atoms with Crippen LogP contribution in [0.3, 0.4) is 0 Å². The number of nitrogens with zero attached hydrogens (tertiary/aromatic N) is 4. The van der Waals surface area contributed by atoms with Gasteiger partial charge in [-0.3, -0.25) is 26.3 Å². The van der Waals surface area contributed by atoms with Gasteiger partial charge in [-0.2, -0.15) is 76.3 Å². The van der Waals surface area contributed by atoms with Gasteiger partial charge in [-0.1, -0.05) is 35.0 Å². The molecule has 0 amide bonds. The number of thiophene rings is 2. The van der Waals surface area contributed by atoms with Crippen LogP contribution in [0.1, 0.15) is 0 Å². The number of fused-ring (bicyclic) bond motifs is 3. The topological polar surface area (TPSA) is 51.6 Å². The van der Waals surface area contributed by atoms with Crippen molar-refractivity contribution in [3.8, 4) is 45.2 Å². The summed E-state index contributed by atoms with van der Waals surface area (Å²) in [7, 11) is 0. The molecule has 0 saturated carbocycles. The molecule has 6 aromatic heterocycles. The standard InChI is InChI=1S/C17H11N.C15H11N3.C10H4S2.2Pt/c1-2-7-14(8-3-1)15-9-6-10-16(13-15)17-11-4-5-12-18-17;1-3-10-16-12(6-1)14-8-5-9-15(18-14)13-7-2-4-11-17-13;1-2-4-8-7(3-1)10-9(12-8)5-6-11-10;;/h1-7,9-12H;1-11H;1-3,6H;;/q-2;;-2;;. The van der Waals surface area contributed by atoms with E-state index in [1.54, 1.807) is 41.3 Å². The number of hydrogen-bond donors (Lipinski definition) is 0. The van der Waals surface area contributed by atoms with Crippen molar-refractivity contribution in [2.24, 2.45) is 0 Å². The molecule has 0 spiro atoms. The van der Waals surface area contributed by atoms with Crippen LogP contribution in [0.5, 0.6) is 0 Å². The van der Waals surface area contributed by atoms with E-state index < -0.39 is 0 Å². The van der Waals surface area contributed by atoms with Gasteiger partial charge in [-0.25, -0.2) is 28.0 Å². The Morgan fingerprint density at radius 2 is 1.02 bits per heavy atom. The zero-order valence-corrected chi connectivity index (χ0v) is 32.4. The van der Waals surface area contributed by atoms with E-state index in [-0.39, 0.29) is 42.1 Å². The molecule has 0 N–H and O–H groups in total. The van der Waals surface area contributed by atoms with Crippen molar-refractivity contribution >= 4 is 42.2 Å². The van der Waals surface area contributed by atoms with Gasteiger partial charge in [0.25, 0.3) is 0 Å². The molecule has 0 unspecified atom stereocenters. The monoisotopic (exact) mass is 1040 g/mol. The average Bonchev–Trinajstić information content (AvgIpc) is 3.79. The Hall–Kier alpha value is -4.44. The maximum absolute atomic E-state index is 4.59. The molecule has 9 rings (SSSR count). The molecule has 0 aliphatic rings. The molecule has 0 aliphatic carbocycles. The van der Waals surface area contributed by atoms with Crippen LogP contribution in [0.15, 0.2) is 157 Å². The first-order chi connectivity index (χ1) is 23.8. The van der Waals surface area contributed by atoms with Crippen molar-refractivity contribution in [3.05, 3.63) is 182 Å². The van der Waals surface area contributed by atoms with Gasteiger partial charge in [-0.05, 0) is 42.5 Å². The van der Waals surface area contributed by atoms with E-state index in [0.29, 0.717) is 0 Å². The number of aromatic nitrogens is 4. The third-order valence-electron chi connectivity index (χ3n) is 7.18. The van der Waals surface area contributed by atoms with Crippen LogP contribution in [0, 0.1) is 24.3 Å². The van der Waals surface area contributed by atoms with Gasteiger partial charge in [0, 0.05) is 66.4 Å². The third kappa shape index (κ3) is 9.21. The Balaban J connectivity index is 0.000000146. The second-order valence-electron chi connectivity index (χ2n) is 10.4. The second kappa shape index (κ2) is 18.5. The summed E-state index contributed by atoms with van der Waals surface area (Å²) in [6.45, 7) is 0. The molecule has 250 valence electrons. The van der Waals surface area contributed by atoms with Crippen molar-refractivity contribution < 1.29 is 42.1 Å². The van der Waals surface area contributed by atoms with Gasteiger partial charge in [0.2, 0.25) is 0 Å². The summed E-state index contributed by atoms with van der Waals surface area (Å²) < 4.78 is 3.86. The number of pyridine rings is 4. The average molecular weight is 1040 g/mol. The zero-order chi connectivity index (χ0) is 32.4. The first-order valence-corrected chi connectivity index (χ1v) is 16.9. The van der Waals surface area contributed by atoms with Crippen LogP contribution in [0.4, 0.5) is 0 Å². The zero-order valence-electron chi connectivity index (χ0n) is 26.2. The van der Waals surface area contributed by atoms with Crippen LogP contribution >= 0.6 is 22.7 Å². The fraction of sp³-hybridized carbons (Fsp3) is 0. The van der Waals surface area contributed by atoms with E-state index in [1.165, 1.54) is 19.5 Å². The fourth-order valence-corrected chi connectivity index (χ4v) is 7.01. The van der Waals surface area contributed by atoms with Crippen LogP contribution < -0.4 is 0 Å². The van der Waals surface area contributed by atoms with Crippen molar-refractivity contribution in [2.75, 3.05) is 0 Å². The maximum Gasteiger partial charge on any atom is 0.0894 e. The Morgan fingerprint density at radius 1 is 0.440 bits per heavy atom. The van der Waals surface area contributed by atoms with Crippen LogP contribution in [0.2, 0.25) is 0 Å². The second-order valence-corrected chi connectivity index (χ2v) is 12.3. The molecule has 3 aromatic carbocycles. The molecule has 0 bridgehead atoms. The minimum atomic E-state index is 0. The van der Waals surface area contributed by atoms with E-state index in [9.17, 15) is 0 Å². The predicted octanol–water partition coefficient (Wildman–Crippen LogP) is 10.9. The SMILES string of the molecule is [Pt].[Pt].[c-]1cccc2c1sc1[c-]csc12.[c-]1ccccc1-c1[c-]c(-c2ccccn2)ccc1.c1ccc(-c2cccc(-c3ccccn3)n2)nc1. The van der Waals surface area contributed by atoms with Gasteiger partial charge in [0.05, 0.1) is 22.8 Å². The van der Waals surface area contributed by atoms with Gasteiger partial charge < -0.3 is 0 Å². The Kier molecular flexibility index (Phi) is 13.6. The predicted molar refractivity (Wildman–Crippen MR) is 198 cm³/mol. The normalized spacial score (nSPS) is 10.1. The largest absolute Gasteiger partial charge is 0.295 e. The molecular weight excluding hydrogens is 1010 g/mol. The molecule has 0 saturated heterocycles. The molecule has 0 radical (unpaired) electrons. The fourth-order valence-electron chi connectivity index (χ4n) is 4.92. The van der Waals surface area contributed by atoms with E-state index in [4.69, 9.17) is 0 Å². The number of rotatable bonds is 4. The van der Waals surface area contributed by atoms with E-state index in [2.05, 4.69) is 50.3 Å². The molecule has 9 aromatic rings. The number of benzene rings is 3.